The molecule has 0 saturated carbocycles. The molecule has 0 aromatic carbocycles. The van der Waals surface area contributed by atoms with Gasteiger partial charge in [0, 0.05) is 19.0 Å². The van der Waals surface area contributed by atoms with Crippen LogP contribution in [0.15, 0.2) is 0 Å². The third kappa shape index (κ3) is 6.56. The highest BCUT2D eigenvalue weighted by molar-refractivity contribution is 9.09. The quantitative estimate of drug-likeness (QED) is 0.482. The number of halogens is 1. The number of hydrogen-bond acceptors (Lipinski definition) is 1. The van der Waals surface area contributed by atoms with Gasteiger partial charge in [0.15, 0.2) is 0 Å². The van der Waals surface area contributed by atoms with Gasteiger partial charge in [-0.15, -0.1) is 0 Å². The Bertz CT molecular complexity index is 66.3. The fourth-order valence-electron chi connectivity index (χ4n) is 0.816. The molecule has 0 aliphatic carbocycles. The number of unbranched alkanes of at least 4 members (excludes halogenated alkanes) is 1. The first kappa shape index (κ1) is 10.4. The van der Waals surface area contributed by atoms with E-state index in [-0.39, 0.29) is 0 Å². The molecule has 1 nitrogen and oxygen atoms in total. The van der Waals surface area contributed by atoms with E-state index in [2.05, 4.69) is 22.9 Å². The molecular weight excluding hydrogens is 192 g/mol. The molecule has 1 unspecified atom stereocenters. The molecule has 2 heteroatoms. The van der Waals surface area contributed by atoms with Gasteiger partial charge < -0.3 is 4.74 Å². The van der Waals surface area contributed by atoms with Gasteiger partial charge in [0.05, 0.1) is 0 Å². The third-order valence-electron chi connectivity index (χ3n) is 1.56. The number of hydrogen-bond donors (Lipinski definition) is 0. The Morgan fingerprint density at radius 2 is 2.10 bits per heavy atom. The van der Waals surface area contributed by atoms with Gasteiger partial charge in [0.1, 0.15) is 0 Å². The third-order valence-corrected chi connectivity index (χ3v) is 2.66. The van der Waals surface area contributed by atoms with Crippen LogP contribution < -0.4 is 0 Å². The minimum absolute atomic E-state index is 0.817. The predicted molar refractivity (Wildman–Crippen MR) is 48.7 cm³/mol. The summed E-state index contributed by atoms with van der Waals surface area (Å²) in [5, 5.41) is 1.12. The molecule has 0 bridgehead atoms. The number of methoxy groups -OCH3 is 1. The molecule has 0 aliphatic rings. The molecule has 0 aromatic heterocycles. The first-order valence-corrected chi connectivity index (χ1v) is 4.98. The molecular formula is C8H17BrO. The molecule has 62 valence electrons. The van der Waals surface area contributed by atoms with E-state index in [9.17, 15) is 0 Å². The maximum atomic E-state index is 4.95. The predicted octanol–water partition coefficient (Wildman–Crippen LogP) is 2.83. The second-order valence-corrected chi connectivity index (χ2v) is 3.40. The van der Waals surface area contributed by atoms with E-state index in [0.717, 1.165) is 17.9 Å². The minimum Gasteiger partial charge on any atom is -0.385 e. The average Bonchev–Trinajstić information content (AvgIpc) is 1.98. The summed E-state index contributed by atoms with van der Waals surface area (Å²) in [6, 6.07) is 0. The Balaban J connectivity index is 2.89. The van der Waals surface area contributed by atoms with Crippen LogP contribution in [0.5, 0.6) is 0 Å². The van der Waals surface area contributed by atoms with E-state index in [1.54, 1.807) is 7.11 Å². The largest absolute Gasteiger partial charge is 0.385 e. The maximum Gasteiger partial charge on any atom is 0.0462 e. The van der Waals surface area contributed by atoms with E-state index in [0.29, 0.717) is 0 Å². The van der Waals surface area contributed by atoms with Gasteiger partial charge in [-0.25, -0.2) is 0 Å². The van der Waals surface area contributed by atoms with E-state index in [1.807, 2.05) is 0 Å². The topological polar surface area (TPSA) is 9.23 Å². The average molecular weight is 209 g/mol. The summed E-state index contributed by atoms with van der Waals surface area (Å²) in [5.74, 6) is 0.817. The number of ether oxygens (including phenoxy) is 1. The van der Waals surface area contributed by atoms with E-state index >= 15 is 0 Å². The second kappa shape index (κ2) is 7.55. The fraction of sp³-hybridized carbons (Fsp3) is 1.00. The second-order valence-electron chi connectivity index (χ2n) is 2.75. The van der Waals surface area contributed by atoms with Crippen LogP contribution in [-0.4, -0.2) is 19.0 Å². The highest BCUT2D eigenvalue weighted by Crippen LogP contribution is 2.09. The van der Waals surface area contributed by atoms with Gasteiger partial charge >= 0.3 is 0 Å². The van der Waals surface area contributed by atoms with Crippen molar-refractivity contribution in [2.24, 2.45) is 5.92 Å². The summed E-state index contributed by atoms with van der Waals surface area (Å²) in [7, 11) is 1.76. The molecule has 0 spiro atoms. The standard InChI is InChI=1S/C8H17BrO/c1-8(7-9)5-3-4-6-10-2/h8H,3-7H2,1-2H3. The van der Waals surface area contributed by atoms with Crippen LogP contribution in [0, 0.1) is 5.92 Å². The fourth-order valence-corrected chi connectivity index (χ4v) is 1.14. The summed E-state index contributed by atoms with van der Waals surface area (Å²) in [6.07, 6.45) is 3.81. The van der Waals surface area contributed by atoms with Crippen molar-refractivity contribution in [3.05, 3.63) is 0 Å². The summed E-state index contributed by atoms with van der Waals surface area (Å²) >= 11 is 3.45. The van der Waals surface area contributed by atoms with Gasteiger partial charge in [-0.3, -0.25) is 0 Å². The smallest absolute Gasteiger partial charge is 0.0462 e. The van der Waals surface area contributed by atoms with Crippen LogP contribution in [0.1, 0.15) is 26.2 Å². The van der Waals surface area contributed by atoms with E-state index < -0.39 is 0 Å². The number of rotatable bonds is 6. The van der Waals surface area contributed by atoms with E-state index in [1.165, 1.54) is 19.3 Å². The zero-order chi connectivity index (χ0) is 7.82. The zero-order valence-corrected chi connectivity index (χ0v) is 8.49. The molecule has 10 heavy (non-hydrogen) atoms. The lowest BCUT2D eigenvalue weighted by molar-refractivity contribution is 0.191. The molecule has 0 rings (SSSR count). The SMILES string of the molecule is COCCCCC(C)CBr. The van der Waals surface area contributed by atoms with Crippen molar-refractivity contribution in [1.29, 1.82) is 0 Å². The molecule has 0 aliphatic heterocycles. The van der Waals surface area contributed by atoms with Crippen LogP contribution in [-0.2, 0) is 4.74 Å². The molecule has 0 fully saturated rings. The van der Waals surface area contributed by atoms with Gasteiger partial charge in [0.2, 0.25) is 0 Å². The van der Waals surface area contributed by atoms with Gasteiger partial charge in [-0.2, -0.15) is 0 Å². The van der Waals surface area contributed by atoms with Gasteiger partial charge in [0.25, 0.3) is 0 Å². The van der Waals surface area contributed by atoms with Crippen molar-refractivity contribution in [2.75, 3.05) is 19.0 Å². The lowest BCUT2D eigenvalue weighted by Gasteiger charge is -2.05. The number of alkyl halides is 1. The van der Waals surface area contributed by atoms with Crippen molar-refractivity contribution in [3.8, 4) is 0 Å². The Morgan fingerprint density at radius 3 is 2.60 bits per heavy atom. The van der Waals surface area contributed by atoms with Crippen molar-refractivity contribution in [1.82, 2.24) is 0 Å². The molecule has 0 heterocycles. The zero-order valence-electron chi connectivity index (χ0n) is 6.90. The molecule has 0 radical (unpaired) electrons. The monoisotopic (exact) mass is 208 g/mol. The minimum atomic E-state index is 0.817. The molecule has 0 N–H and O–H groups in total. The Morgan fingerprint density at radius 1 is 1.40 bits per heavy atom. The van der Waals surface area contributed by atoms with Crippen LogP contribution >= 0.6 is 15.9 Å². The molecule has 1 atom stereocenters. The van der Waals surface area contributed by atoms with Crippen LogP contribution in [0.3, 0.4) is 0 Å². The van der Waals surface area contributed by atoms with Crippen molar-refractivity contribution in [3.63, 3.8) is 0 Å². The van der Waals surface area contributed by atoms with Crippen molar-refractivity contribution in [2.45, 2.75) is 26.2 Å². The van der Waals surface area contributed by atoms with Crippen LogP contribution in [0.2, 0.25) is 0 Å². The van der Waals surface area contributed by atoms with Gasteiger partial charge in [-0.05, 0) is 18.8 Å². The normalized spacial score (nSPS) is 13.5. The molecule has 0 amide bonds. The molecule has 0 saturated heterocycles. The lowest BCUT2D eigenvalue weighted by atomic mass is 10.1. The lowest BCUT2D eigenvalue weighted by Crippen LogP contribution is -1.96. The summed E-state index contributed by atoms with van der Waals surface area (Å²) in [5.41, 5.74) is 0. The Kier molecular flexibility index (Phi) is 7.88. The maximum absolute atomic E-state index is 4.95. The highest BCUT2D eigenvalue weighted by atomic mass is 79.9. The van der Waals surface area contributed by atoms with Crippen molar-refractivity contribution < 1.29 is 4.74 Å². The van der Waals surface area contributed by atoms with Gasteiger partial charge in [-0.1, -0.05) is 29.3 Å². The molecule has 0 aromatic rings. The Labute approximate surface area is 72.3 Å². The highest BCUT2D eigenvalue weighted by Gasteiger charge is 1.97. The van der Waals surface area contributed by atoms with Crippen LogP contribution in [0.25, 0.3) is 0 Å². The summed E-state index contributed by atoms with van der Waals surface area (Å²) in [6.45, 7) is 3.18. The van der Waals surface area contributed by atoms with E-state index in [4.69, 9.17) is 4.74 Å². The van der Waals surface area contributed by atoms with Crippen molar-refractivity contribution >= 4 is 15.9 Å². The first-order valence-electron chi connectivity index (χ1n) is 3.86. The van der Waals surface area contributed by atoms with Crippen LogP contribution in [0.4, 0.5) is 0 Å². The summed E-state index contributed by atoms with van der Waals surface area (Å²) in [4.78, 5) is 0. The summed E-state index contributed by atoms with van der Waals surface area (Å²) < 4.78 is 4.95. The first-order chi connectivity index (χ1) is 4.81. The Hall–Kier alpha value is 0.440.